The molecule has 0 unspecified atom stereocenters. The maximum atomic E-state index is 11.1. The van der Waals surface area contributed by atoms with E-state index in [9.17, 15) is 10.1 Å². The van der Waals surface area contributed by atoms with Crippen LogP contribution >= 0.6 is 11.3 Å². The van der Waals surface area contributed by atoms with Crippen LogP contribution in [0.15, 0.2) is 29.9 Å². The second-order valence-electron chi connectivity index (χ2n) is 4.20. The van der Waals surface area contributed by atoms with Crippen LogP contribution in [-0.2, 0) is 0 Å². The van der Waals surface area contributed by atoms with Gasteiger partial charge in [-0.3, -0.25) is 14.5 Å². The molecular weight excluding hydrogens is 294 g/mol. The molecule has 7 nitrogen and oxygen atoms in total. The van der Waals surface area contributed by atoms with Gasteiger partial charge in [0.2, 0.25) is 5.75 Å². The van der Waals surface area contributed by atoms with Crippen molar-refractivity contribution in [3.05, 3.63) is 40.0 Å². The van der Waals surface area contributed by atoms with E-state index in [1.807, 2.05) is 16.0 Å². The molecule has 108 valence electrons. The van der Waals surface area contributed by atoms with Gasteiger partial charge in [-0.15, -0.1) is 11.3 Å². The first-order chi connectivity index (χ1) is 10.1. The summed E-state index contributed by atoms with van der Waals surface area (Å²) in [5.41, 5.74) is 1.05. The quantitative estimate of drug-likeness (QED) is 0.547. The van der Waals surface area contributed by atoms with Gasteiger partial charge < -0.3 is 9.47 Å². The van der Waals surface area contributed by atoms with E-state index in [1.165, 1.54) is 37.7 Å². The lowest BCUT2D eigenvalue weighted by Crippen LogP contribution is -1.97. The Kier molecular flexibility index (Phi) is 3.22. The minimum atomic E-state index is -0.486. The van der Waals surface area contributed by atoms with Gasteiger partial charge >= 0.3 is 5.69 Å². The lowest BCUT2D eigenvalue weighted by Gasteiger charge is -2.09. The van der Waals surface area contributed by atoms with E-state index in [0.717, 1.165) is 4.96 Å². The molecule has 0 atom stereocenters. The Morgan fingerprint density at radius 1 is 1.29 bits per heavy atom. The first kappa shape index (κ1) is 13.4. The molecule has 0 aliphatic rings. The van der Waals surface area contributed by atoms with E-state index >= 15 is 0 Å². The van der Waals surface area contributed by atoms with Gasteiger partial charge in [-0.2, -0.15) is 0 Å². The second kappa shape index (κ2) is 5.06. The van der Waals surface area contributed by atoms with E-state index in [-0.39, 0.29) is 11.4 Å². The van der Waals surface area contributed by atoms with Crippen molar-refractivity contribution < 1.29 is 14.4 Å². The average Bonchev–Trinajstić information content (AvgIpc) is 3.06. The van der Waals surface area contributed by atoms with Crippen molar-refractivity contribution in [3.8, 4) is 22.8 Å². The van der Waals surface area contributed by atoms with Gasteiger partial charge in [0.05, 0.1) is 30.4 Å². The predicted octanol–water partition coefficient (Wildman–Crippen LogP) is 2.99. The molecule has 8 heteroatoms. The first-order valence-corrected chi connectivity index (χ1v) is 6.85. The topological polar surface area (TPSA) is 78.9 Å². The standard InChI is InChI=1S/C13H11N3O4S/c1-19-11-6-12(20-2)10(16(17)18)5-8(11)9-7-15-3-4-21-13(15)14-9/h3-7H,1-2H3. The molecule has 0 saturated heterocycles. The first-order valence-electron chi connectivity index (χ1n) is 5.97. The number of nitro groups is 1. The van der Waals surface area contributed by atoms with Gasteiger partial charge in [0, 0.05) is 29.9 Å². The Morgan fingerprint density at radius 2 is 2.05 bits per heavy atom. The van der Waals surface area contributed by atoms with E-state index in [0.29, 0.717) is 17.0 Å². The lowest BCUT2D eigenvalue weighted by molar-refractivity contribution is -0.385. The number of hydrogen-bond donors (Lipinski definition) is 0. The number of fused-ring (bicyclic) bond motifs is 1. The van der Waals surface area contributed by atoms with Crippen LogP contribution in [0.2, 0.25) is 0 Å². The summed E-state index contributed by atoms with van der Waals surface area (Å²) in [5.74, 6) is 0.629. The third kappa shape index (κ3) is 2.19. The summed E-state index contributed by atoms with van der Waals surface area (Å²) in [4.78, 5) is 15.9. The van der Waals surface area contributed by atoms with Crippen LogP contribution in [0.5, 0.6) is 11.5 Å². The predicted molar refractivity (Wildman–Crippen MR) is 78.3 cm³/mol. The summed E-state index contributed by atoms with van der Waals surface area (Å²) in [6.07, 6.45) is 3.68. The smallest absolute Gasteiger partial charge is 0.311 e. The highest BCUT2D eigenvalue weighted by Gasteiger charge is 2.21. The summed E-state index contributed by atoms with van der Waals surface area (Å²) < 4.78 is 12.2. The molecule has 0 fully saturated rings. The normalized spacial score (nSPS) is 10.8. The average molecular weight is 305 g/mol. The third-order valence-electron chi connectivity index (χ3n) is 3.07. The fourth-order valence-corrected chi connectivity index (χ4v) is 2.78. The summed E-state index contributed by atoms with van der Waals surface area (Å²) in [6.45, 7) is 0. The molecular formula is C13H11N3O4S. The molecule has 0 saturated carbocycles. The molecule has 0 amide bonds. The van der Waals surface area contributed by atoms with Gasteiger partial charge in [-0.25, -0.2) is 4.98 Å². The summed E-state index contributed by atoms with van der Waals surface area (Å²) >= 11 is 1.49. The zero-order valence-electron chi connectivity index (χ0n) is 11.3. The molecule has 3 rings (SSSR count). The third-order valence-corrected chi connectivity index (χ3v) is 3.84. The van der Waals surface area contributed by atoms with Crippen molar-refractivity contribution in [1.82, 2.24) is 9.38 Å². The number of hydrogen-bond acceptors (Lipinski definition) is 6. The van der Waals surface area contributed by atoms with Crippen molar-refractivity contribution in [2.24, 2.45) is 0 Å². The van der Waals surface area contributed by atoms with Crippen molar-refractivity contribution in [3.63, 3.8) is 0 Å². The Hall–Kier alpha value is -2.61. The van der Waals surface area contributed by atoms with Crippen molar-refractivity contribution >= 4 is 22.0 Å². The SMILES string of the molecule is COc1cc(OC)c([N+](=O)[O-])cc1-c1cn2ccsc2n1. The Labute approximate surface area is 123 Å². The number of nitro benzene ring substituents is 1. The van der Waals surface area contributed by atoms with Crippen LogP contribution in [0.3, 0.4) is 0 Å². The van der Waals surface area contributed by atoms with E-state index in [1.54, 1.807) is 6.20 Å². The fourth-order valence-electron chi connectivity index (χ4n) is 2.08. The zero-order chi connectivity index (χ0) is 15.0. The lowest BCUT2D eigenvalue weighted by atomic mass is 10.1. The van der Waals surface area contributed by atoms with Crippen LogP contribution in [0.1, 0.15) is 0 Å². The number of aromatic nitrogens is 2. The highest BCUT2D eigenvalue weighted by Crippen LogP contribution is 2.39. The highest BCUT2D eigenvalue weighted by molar-refractivity contribution is 7.15. The Balaban J connectivity index is 2.22. The number of imidazole rings is 1. The summed E-state index contributed by atoms with van der Waals surface area (Å²) in [6, 6.07) is 2.92. The van der Waals surface area contributed by atoms with Crippen LogP contribution in [0.25, 0.3) is 16.2 Å². The molecule has 21 heavy (non-hydrogen) atoms. The van der Waals surface area contributed by atoms with Gasteiger partial charge in [0.25, 0.3) is 0 Å². The number of benzene rings is 1. The summed E-state index contributed by atoms with van der Waals surface area (Å²) in [7, 11) is 2.89. The van der Waals surface area contributed by atoms with Crippen molar-refractivity contribution in [2.75, 3.05) is 14.2 Å². The van der Waals surface area contributed by atoms with Crippen LogP contribution < -0.4 is 9.47 Å². The van der Waals surface area contributed by atoms with Gasteiger partial charge in [-0.1, -0.05) is 0 Å². The van der Waals surface area contributed by atoms with Crippen molar-refractivity contribution in [1.29, 1.82) is 0 Å². The van der Waals surface area contributed by atoms with Crippen molar-refractivity contribution in [2.45, 2.75) is 0 Å². The maximum Gasteiger partial charge on any atom is 0.311 e. The molecule has 1 aromatic carbocycles. The second-order valence-corrected chi connectivity index (χ2v) is 5.07. The van der Waals surface area contributed by atoms with Gasteiger partial charge in [0.15, 0.2) is 4.96 Å². The molecule has 0 aliphatic heterocycles. The van der Waals surface area contributed by atoms with E-state index in [4.69, 9.17) is 9.47 Å². The monoisotopic (exact) mass is 305 g/mol. The largest absolute Gasteiger partial charge is 0.496 e. The maximum absolute atomic E-state index is 11.1. The summed E-state index contributed by atoms with van der Waals surface area (Å²) in [5, 5.41) is 13.1. The minimum absolute atomic E-state index is 0.121. The van der Waals surface area contributed by atoms with Crippen LogP contribution in [-0.4, -0.2) is 28.5 Å². The van der Waals surface area contributed by atoms with Crippen LogP contribution in [0.4, 0.5) is 5.69 Å². The molecule has 0 spiro atoms. The van der Waals surface area contributed by atoms with Crippen LogP contribution in [0, 0.1) is 10.1 Å². The Bertz CT molecular complexity index is 796. The molecule has 2 aromatic heterocycles. The fraction of sp³-hybridized carbons (Fsp3) is 0.154. The number of ether oxygens (including phenoxy) is 2. The zero-order valence-corrected chi connectivity index (χ0v) is 12.1. The van der Waals surface area contributed by atoms with Gasteiger partial charge in [0.1, 0.15) is 5.75 Å². The Morgan fingerprint density at radius 3 is 2.67 bits per heavy atom. The molecule has 0 radical (unpaired) electrons. The molecule has 2 heterocycles. The molecule has 3 aromatic rings. The van der Waals surface area contributed by atoms with Gasteiger partial charge in [-0.05, 0) is 0 Å². The molecule has 0 N–H and O–H groups in total. The van der Waals surface area contributed by atoms with E-state index < -0.39 is 4.92 Å². The number of methoxy groups -OCH3 is 2. The minimum Gasteiger partial charge on any atom is -0.496 e. The highest BCUT2D eigenvalue weighted by atomic mass is 32.1. The van der Waals surface area contributed by atoms with E-state index in [2.05, 4.69) is 4.98 Å². The number of thiazole rings is 1. The number of nitrogens with zero attached hydrogens (tertiary/aromatic N) is 3. The molecule has 0 bridgehead atoms. The number of rotatable bonds is 4. The molecule has 0 aliphatic carbocycles.